The van der Waals surface area contributed by atoms with Crippen LogP contribution in [0, 0.1) is 29.5 Å². The summed E-state index contributed by atoms with van der Waals surface area (Å²) in [6.45, 7) is 4.47. The summed E-state index contributed by atoms with van der Waals surface area (Å²) in [4.78, 5) is 43.7. The number of nitrogens with zero attached hydrogens (tertiary/aromatic N) is 1. The summed E-state index contributed by atoms with van der Waals surface area (Å²) < 4.78 is 25.7. The van der Waals surface area contributed by atoms with Crippen LogP contribution >= 0.6 is 11.6 Å². The molecule has 3 amide bonds. The highest BCUT2D eigenvalue weighted by atomic mass is 35.5. The Morgan fingerprint density at radius 1 is 1.17 bits per heavy atom. The fourth-order valence-corrected chi connectivity index (χ4v) is 7.48. The van der Waals surface area contributed by atoms with E-state index in [-0.39, 0.29) is 35.3 Å². The van der Waals surface area contributed by atoms with Crippen molar-refractivity contribution in [2.75, 3.05) is 12.4 Å². The predicted octanol–water partition coefficient (Wildman–Crippen LogP) is 4.72. The van der Waals surface area contributed by atoms with E-state index in [1.165, 1.54) is 23.1 Å². The van der Waals surface area contributed by atoms with E-state index in [2.05, 4.69) is 24.5 Å². The van der Waals surface area contributed by atoms with Gasteiger partial charge in [0, 0.05) is 17.3 Å². The molecule has 1 aliphatic carbocycles. The zero-order chi connectivity index (χ0) is 29.8. The molecule has 8 atom stereocenters. The van der Waals surface area contributed by atoms with Crippen LogP contribution in [0.3, 0.4) is 0 Å². The Hall–Kier alpha value is -3.43. The average Bonchev–Trinajstić information content (AvgIpc) is 3.61. The lowest BCUT2D eigenvalue weighted by atomic mass is 9.73. The van der Waals surface area contributed by atoms with Crippen LogP contribution in [0.5, 0.6) is 5.75 Å². The number of nitrogens with one attached hydrogen (secondary N) is 2. The zero-order valence-corrected chi connectivity index (χ0v) is 24.6. The number of hydrogen-bond donors (Lipinski definition) is 2. The summed E-state index contributed by atoms with van der Waals surface area (Å²) in [6, 6.07) is 10.2. The van der Waals surface area contributed by atoms with Crippen LogP contribution in [-0.2, 0) is 25.7 Å². The number of halogens is 2. The lowest BCUT2D eigenvalue weighted by molar-refractivity contribution is -0.142. The Labute approximate surface area is 249 Å². The van der Waals surface area contributed by atoms with Crippen molar-refractivity contribution in [1.82, 2.24) is 10.2 Å². The second kappa shape index (κ2) is 11.0. The number of amides is 3. The van der Waals surface area contributed by atoms with Crippen molar-refractivity contribution in [3.8, 4) is 5.75 Å². The number of likely N-dealkylation sites (tertiary alicyclic amines) is 1. The third kappa shape index (κ3) is 4.67. The van der Waals surface area contributed by atoms with Gasteiger partial charge in [0.05, 0.1) is 36.6 Å². The van der Waals surface area contributed by atoms with Crippen LogP contribution < -0.4 is 15.4 Å². The largest absolute Gasteiger partial charge is 0.496 e. The van der Waals surface area contributed by atoms with Crippen LogP contribution in [0.25, 0.3) is 0 Å². The van der Waals surface area contributed by atoms with Gasteiger partial charge in [-0.2, -0.15) is 0 Å². The number of rotatable bonds is 7. The molecule has 1 saturated carbocycles. The van der Waals surface area contributed by atoms with E-state index in [1.54, 1.807) is 25.3 Å². The van der Waals surface area contributed by atoms with Gasteiger partial charge in [0.15, 0.2) is 0 Å². The smallest absolute Gasteiger partial charge is 0.246 e. The van der Waals surface area contributed by atoms with Crippen molar-refractivity contribution in [3.05, 3.63) is 71.0 Å². The molecule has 3 fully saturated rings. The van der Waals surface area contributed by atoms with Gasteiger partial charge in [0.25, 0.3) is 0 Å². The van der Waals surface area contributed by atoms with Crippen molar-refractivity contribution in [2.24, 2.45) is 23.7 Å². The van der Waals surface area contributed by atoms with E-state index < -0.39 is 41.3 Å². The molecule has 3 heterocycles. The number of hydrogen-bond acceptors (Lipinski definition) is 5. The Balaban J connectivity index is 1.34. The Kier molecular flexibility index (Phi) is 7.51. The molecule has 0 aromatic heterocycles. The van der Waals surface area contributed by atoms with Gasteiger partial charge in [0.2, 0.25) is 17.7 Å². The highest BCUT2D eigenvalue weighted by Gasteiger charge is 2.72. The first-order valence-electron chi connectivity index (χ1n) is 14.5. The lowest BCUT2D eigenvalue weighted by Crippen LogP contribution is -2.57. The first-order valence-corrected chi connectivity index (χ1v) is 14.9. The molecule has 0 unspecified atom stereocenters. The van der Waals surface area contributed by atoms with E-state index in [4.69, 9.17) is 21.1 Å². The topological polar surface area (TPSA) is 97.0 Å². The molecule has 2 aromatic carbocycles. The quantitative estimate of drug-likeness (QED) is 0.452. The van der Waals surface area contributed by atoms with Crippen molar-refractivity contribution in [3.63, 3.8) is 0 Å². The number of benzene rings is 2. The van der Waals surface area contributed by atoms with Gasteiger partial charge in [-0.25, -0.2) is 4.39 Å². The third-order valence-electron chi connectivity index (χ3n) is 9.68. The van der Waals surface area contributed by atoms with Gasteiger partial charge < -0.3 is 25.0 Å². The number of para-hydroxylation sites is 1. The second-order valence-electron chi connectivity index (χ2n) is 12.0. The van der Waals surface area contributed by atoms with Crippen molar-refractivity contribution in [1.29, 1.82) is 0 Å². The number of fused-ring (bicyclic) bond motifs is 1. The highest BCUT2D eigenvalue weighted by Crippen LogP contribution is 2.55. The molecule has 4 aliphatic rings. The molecule has 1 spiro atoms. The molecule has 8 nitrogen and oxygen atoms in total. The van der Waals surface area contributed by atoms with Crippen LogP contribution in [0.2, 0.25) is 5.02 Å². The number of ether oxygens (including phenoxy) is 2. The molecule has 6 rings (SSSR count). The Morgan fingerprint density at radius 2 is 1.95 bits per heavy atom. The SMILES string of the molecule is COc1ccccc1CN1C(=O)[C@@H]2[C@H](C(=O)Nc3ccc(F)c(Cl)c3)[C@@H]3C=C[C@@]2(O3)[C@@H]1C(=O)N[C@@H]1CCC[C@H](C)[C@H]1C. The summed E-state index contributed by atoms with van der Waals surface area (Å²) in [7, 11) is 1.56. The molecule has 3 aliphatic heterocycles. The maximum absolute atomic E-state index is 14.3. The van der Waals surface area contributed by atoms with E-state index >= 15 is 0 Å². The molecule has 2 aromatic rings. The van der Waals surface area contributed by atoms with E-state index in [1.807, 2.05) is 18.2 Å². The second-order valence-corrected chi connectivity index (χ2v) is 12.4. The minimum absolute atomic E-state index is 0.0233. The molecular weight excluding hydrogens is 561 g/mol. The molecule has 222 valence electrons. The summed E-state index contributed by atoms with van der Waals surface area (Å²) in [5, 5.41) is 5.91. The van der Waals surface area contributed by atoms with Crippen molar-refractivity contribution >= 4 is 35.0 Å². The van der Waals surface area contributed by atoms with Crippen LogP contribution in [0.4, 0.5) is 10.1 Å². The minimum Gasteiger partial charge on any atom is -0.496 e. The lowest BCUT2D eigenvalue weighted by Gasteiger charge is -2.38. The zero-order valence-electron chi connectivity index (χ0n) is 23.8. The fourth-order valence-electron chi connectivity index (χ4n) is 7.30. The van der Waals surface area contributed by atoms with Gasteiger partial charge in [-0.3, -0.25) is 14.4 Å². The van der Waals surface area contributed by atoms with Gasteiger partial charge in [-0.15, -0.1) is 0 Å². The standard InChI is InChI=1S/C32H35ClFN3O5/c1-17-7-6-9-23(18(17)2)36-30(39)28-32-14-13-25(42-32)26(29(38)35-20-11-12-22(34)21(33)15-20)27(32)31(40)37(28)16-19-8-4-5-10-24(19)41-3/h4-5,8,10-15,17-18,23,25-28H,6-7,9,16H2,1-3H3,(H,35,38)(H,36,39)/t17-,18+,23+,25-,26+,27-,28-,32-/m0/s1. The molecule has 0 radical (unpaired) electrons. The Bertz CT molecular complexity index is 1450. The molecule has 10 heteroatoms. The summed E-state index contributed by atoms with van der Waals surface area (Å²) in [5.41, 5.74) is -0.263. The van der Waals surface area contributed by atoms with Crippen molar-refractivity contribution < 1.29 is 28.2 Å². The average molecular weight is 596 g/mol. The van der Waals surface area contributed by atoms with Gasteiger partial charge >= 0.3 is 0 Å². The van der Waals surface area contributed by atoms with Crippen LogP contribution in [-0.4, -0.2) is 53.5 Å². The van der Waals surface area contributed by atoms with Crippen LogP contribution in [0.1, 0.15) is 38.7 Å². The Morgan fingerprint density at radius 3 is 2.71 bits per heavy atom. The molecular formula is C32H35ClFN3O5. The molecule has 2 N–H and O–H groups in total. The molecule has 42 heavy (non-hydrogen) atoms. The fraction of sp³-hybridized carbons (Fsp3) is 0.469. The third-order valence-corrected chi connectivity index (χ3v) is 9.97. The summed E-state index contributed by atoms with van der Waals surface area (Å²) in [6.07, 6.45) is 5.87. The van der Waals surface area contributed by atoms with E-state index in [0.717, 1.165) is 24.8 Å². The maximum atomic E-state index is 14.3. The minimum atomic E-state index is -1.31. The normalized spacial score (nSPS) is 33.0. The number of anilines is 1. The number of carbonyl (C=O) groups is 3. The summed E-state index contributed by atoms with van der Waals surface area (Å²) >= 11 is 5.93. The first kappa shape index (κ1) is 28.7. The molecule has 2 saturated heterocycles. The van der Waals surface area contributed by atoms with E-state index in [9.17, 15) is 18.8 Å². The van der Waals surface area contributed by atoms with E-state index in [0.29, 0.717) is 17.4 Å². The molecule has 2 bridgehead atoms. The number of carbonyl (C=O) groups excluding carboxylic acids is 3. The summed E-state index contributed by atoms with van der Waals surface area (Å²) in [5.74, 6) is -2.15. The highest BCUT2D eigenvalue weighted by molar-refractivity contribution is 6.31. The van der Waals surface area contributed by atoms with Gasteiger partial charge in [0.1, 0.15) is 23.2 Å². The monoisotopic (exact) mass is 595 g/mol. The van der Waals surface area contributed by atoms with Gasteiger partial charge in [-0.1, -0.05) is 68.6 Å². The first-order chi connectivity index (χ1) is 20.1. The maximum Gasteiger partial charge on any atom is 0.246 e. The number of methoxy groups -OCH3 is 1. The van der Waals surface area contributed by atoms with Gasteiger partial charge in [-0.05, 0) is 42.5 Å². The van der Waals surface area contributed by atoms with Crippen LogP contribution in [0.15, 0.2) is 54.6 Å². The predicted molar refractivity (Wildman–Crippen MR) is 155 cm³/mol. The van der Waals surface area contributed by atoms with Crippen molar-refractivity contribution in [2.45, 2.75) is 63.4 Å².